The lowest BCUT2D eigenvalue weighted by Crippen LogP contribution is -2.50. The van der Waals surface area contributed by atoms with Crippen molar-refractivity contribution in [1.82, 2.24) is 0 Å². The van der Waals surface area contributed by atoms with E-state index in [1.165, 1.54) is 31.2 Å². The third kappa shape index (κ3) is 6.01. The molecule has 3 rings (SSSR count). The van der Waals surface area contributed by atoms with E-state index in [0.29, 0.717) is 22.9 Å². The van der Waals surface area contributed by atoms with Crippen LogP contribution in [-0.4, -0.2) is 23.7 Å². The smallest absolute Gasteiger partial charge is 0.417 e. The highest BCUT2D eigenvalue weighted by molar-refractivity contribution is 5.96. The summed E-state index contributed by atoms with van der Waals surface area (Å²) in [6.45, 7) is 1.10. The molecule has 184 valence electrons. The van der Waals surface area contributed by atoms with Gasteiger partial charge in [0.1, 0.15) is 17.8 Å². The maximum Gasteiger partial charge on any atom is 0.417 e. The third-order valence-corrected chi connectivity index (χ3v) is 5.80. The summed E-state index contributed by atoms with van der Waals surface area (Å²) in [5.41, 5.74) is -2.41. The summed E-state index contributed by atoms with van der Waals surface area (Å²) in [6, 6.07) is 21.3. The van der Waals surface area contributed by atoms with Crippen LogP contribution in [0.4, 0.5) is 18.9 Å². The lowest BCUT2D eigenvalue weighted by Gasteiger charge is -2.35. The van der Waals surface area contributed by atoms with E-state index in [-0.39, 0.29) is 18.7 Å². The number of carbonyl (C=O) groups is 1. The third-order valence-electron chi connectivity index (χ3n) is 5.80. The van der Waals surface area contributed by atoms with E-state index in [1.807, 2.05) is 6.07 Å². The van der Waals surface area contributed by atoms with Crippen LogP contribution < -0.4 is 10.1 Å². The summed E-state index contributed by atoms with van der Waals surface area (Å²) in [4.78, 5) is 13.6. The number of benzene rings is 3. The SMILES string of the molecule is CC(O)C(COc1ccc(C#N)cc1)(Cc1ccccc1)C(=O)Nc1ccc(C#N)c(C(F)(F)F)c1. The Kier molecular flexibility index (Phi) is 7.98. The molecular weight excluding hydrogens is 471 g/mol. The molecule has 0 radical (unpaired) electrons. The zero-order chi connectivity index (χ0) is 26.3. The molecule has 0 spiro atoms. The van der Waals surface area contributed by atoms with Crippen molar-refractivity contribution in [3.8, 4) is 17.9 Å². The van der Waals surface area contributed by atoms with Crippen LogP contribution in [0.2, 0.25) is 0 Å². The molecule has 0 saturated heterocycles. The first kappa shape index (κ1) is 26.3. The number of hydrogen-bond donors (Lipinski definition) is 2. The molecule has 0 bridgehead atoms. The molecule has 0 heterocycles. The summed E-state index contributed by atoms with van der Waals surface area (Å²) in [5, 5.41) is 31.3. The van der Waals surface area contributed by atoms with Crippen molar-refractivity contribution in [3.05, 3.63) is 95.1 Å². The van der Waals surface area contributed by atoms with E-state index in [1.54, 1.807) is 42.5 Å². The first-order chi connectivity index (χ1) is 17.1. The minimum absolute atomic E-state index is 0.0238. The zero-order valence-corrected chi connectivity index (χ0v) is 19.2. The Bertz CT molecular complexity index is 1290. The number of alkyl halides is 3. The highest BCUT2D eigenvalue weighted by Crippen LogP contribution is 2.35. The highest BCUT2D eigenvalue weighted by atomic mass is 19.4. The quantitative estimate of drug-likeness (QED) is 0.455. The van der Waals surface area contributed by atoms with Crippen LogP contribution in [-0.2, 0) is 17.4 Å². The standard InChI is InChI=1S/C27H22F3N3O3/c1-18(34)26(14-19-5-3-2-4-6-19,17-36-23-11-7-20(15-31)8-12-23)25(35)33-22-10-9-21(16-32)24(13-22)27(28,29)30/h2-13,18,34H,14,17H2,1H3,(H,33,35). The number of hydrogen-bond acceptors (Lipinski definition) is 5. The number of aliphatic hydroxyl groups is 1. The van der Waals surface area contributed by atoms with Gasteiger partial charge in [-0.25, -0.2) is 0 Å². The average Bonchev–Trinajstić information content (AvgIpc) is 2.86. The van der Waals surface area contributed by atoms with Gasteiger partial charge in [0.25, 0.3) is 0 Å². The van der Waals surface area contributed by atoms with Crippen LogP contribution in [0.3, 0.4) is 0 Å². The van der Waals surface area contributed by atoms with Crippen molar-refractivity contribution in [3.63, 3.8) is 0 Å². The molecule has 2 N–H and O–H groups in total. The van der Waals surface area contributed by atoms with Gasteiger partial charge >= 0.3 is 6.18 Å². The first-order valence-electron chi connectivity index (χ1n) is 10.9. The lowest BCUT2D eigenvalue weighted by molar-refractivity contribution is -0.138. The summed E-state index contributed by atoms with van der Waals surface area (Å²) in [5.74, 6) is -0.412. The molecule has 9 heteroatoms. The number of nitriles is 2. The van der Waals surface area contributed by atoms with Gasteiger partial charge in [-0.15, -0.1) is 0 Å². The monoisotopic (exact) mass is 493 g/mol. The molecule has 0 saturated carbocycles. The highest BCUT2D eigenvalue weighted by Gasteiger charge is 2.45. The Labute approximate surface area is 206 Å². The van der Waals surface area contributed by atoms with Crippen LogP contribution in [0.1, 0.15) is 29.2 Å². The van der Waals surface area contributed by atoms with Gasteiger partial charge in [-0.2, -0.15) is 23.7 Å². The second-order valence-corrected chi connectivity index (χ2v) is 8.24. The van der Waals surface area contributed by atoms with Crippen molar-refractivity contribution in [2.75, 3.05) is 11.9 Å². The van der Waals surface area contributed by atoms with E-state index in [0.717, 1.165) is 6.07 Å². The predicted octanol–water partition coefficient (Wildman–Crippen LogP) is 5.08. The number of rotatable bonds is 8. The van der Waals surface area contributed by atoms with Crippen molar-refractivity contribution in [2.45, 2.75) is 25.6 Å². The molecule has 2 unspecified atom stereocenters. The normalized spacial score (nSPS) is 13.5. The molecule has 6 nitrogen and oxygen atoms in total. The van der Waals surface area contributed by atoms with Crippen molar-refractivity contribution in [1.29, 1.82) is 10.5 Å². The summed E-state index contributed by atoms with van der Waals surface area (Å²) >= 11 is 0. The Morgan fingerprint density at radius 3 is 2.25 bits per heavy atom. The number of ether oxygens (including phenoxy) is 1. The van der Waals surface area contributed by atoms with Gasteiger partial charge in [-0.05, 0) is 61.4 Å². The van der Waals surface area contributed by atoms with Crippen LogP contribution in [0.15, 0.2) is 72.8 Å². The van der Waals surface area contributed by atoms with Crippen LogP contribution in [0, 0.1) is 28.1 Å². The second kappa shape index (κ2) is 10.9. The molecule has 2 atom stereocenters. The van der Waals surface area contributed by atoms with E-state index in [2.05, 4.69) is 5.32 Å². The molecule has 3 aromatic rings. The largest absolute Gasteiger partial charge is 0.492 e. The fraction of sp³-hybridized carbons (Fsp3) is 0.222. The van der Waals surface area contributed by atoms with Crippen LogP contribution in [0.25, 0.3) is 0 Å². The van der Waals surface area contributed by atoms with Gasteiger partial charge in [0.2, 0.25) is 5.91 Å². The number of anilines is 1. The fourth-order valence-electron chi connectivity index (χ4n) is 3.66. The average molecular weight is 493 g/mol. The van der Waals surface area contributed by atoms with E-state index in [9.17, 15) is 23.1 Å². The molecule has 0 fully saturated rings. The van der Waals surface area contributed by atoms with Gasteiger partial charge < -0.3 is 15.2 Å². The fourth-order valence-corrected chi connectivity index (χ4v) is 3.66. The second-order valence-electron chi connectivity index (χ2n) is 8.24. The van der Waals surface area contributed by atoms with E-state index >= 15 is 0 Å². The first-order valence-corrected chi connectivity index (χ1v) is 10.9. The maximum atomic E-state index is 13.6. The van der Waals surface area contributed by atoms with Crippen molar-refractivity contribution in [2.24, 2.45) is 5.41 Å². The summed E-state index contributed by atoms with van der Waals surface area (Å²) < 4.78 is 46.1. The predicted molar refractivity (Wildman–Crippen MR) is 126 cm³/mol. The number of halogens is 3. The van der Waals surface area contributed by atoms with E-state index in [4.69, 9.17) is 15.3 Å². The molecule has 1 amide bonds. The molecule has 0 aromatic heterocycles. The van der Waals surface area contributed by atoms with Crippen molar-refractivity contribution >= 4 is 11.6 Å². The van der Waals surface area contributed by atoms with E-state index < -0.39 is 34.7 Å². The topological polar surface area (TPSA) is 106 Å². The Morgan fingerprint density at radius 2 is 1.69 bits per heavy atom. The molecule has 3 aromatic carbocycles. The minimum atomic E-state index is -4.80. The Morgan fingerprint density at radius 1 is 1.03 bits per heavy atom. The summed E-state index contributed by atoms with van der Waals surface area (Å²) in [7, 11) is 0. The van der Waals surface area contributed by atoms with Gasteiger partial charge in [-0.1, -0.05) is 30.3 Å². The lowest BCUT2D eigenvalue weighted by atomic mass is 9.76. The van der Waals surface area contributed by atoms with Gasteiger partial charge in [0.15, 0.2) is 0 Å². The number of nitrogens with zero attached hydrogens (tertiary/aromatic N) is 2. The Balaban J connectivity index is 1.97. The van der Waals surface area contributed by atoms with Gasteiger partial charge in [-0.3, -0.25) is 4.79 Å². The van der Waals surface area contributed by atoms with Crippen LogP contribution >= 0.6 is 0 Å². The summed E-state index contributed by atoms with van der Waals surface area (Å²) in [6.07, 6.45) is -6.04. The molecule has 0 aliphatic heterocycles. The number of amides is 1. The molecule has 0 aliphatic carbocycles. The number of aliphatic hydroxyl groups excluding tert-OH is 1. The number of carbonyl (C=O) groups excluding carboxylic acids is 1. The minimum Gasteiger partial charge on any atom is -0.492 e. The van der Waals surface area contributed by atoms with Gasteiger partial charge in [0.05, 0.1) is 34.9 Å². The molecular formula is C27H22F3N3O3. The molecule has 0 aliphatic rings. The molecule has 36 heavy (non-hydrogen) atoms. The van der Waals surface area contributed by atoms with Gasteiger partial charge in [0, 0.05) is 5.69 Å². The van der Waals surface area contributed by atoms with Crippen LogP contribution in [0.5, 0.6) is 5.75 Å². The Hall–Kier alpha value is -4.34. The maximum absolute atomic E-state index is 13.6. The van der Waals surface area contributed by atoms with Crippen molar-refractivity contribution < 1.29 is 27.8 Å². The zero-order valence-electron chi connectivity index (χ0n) is 19.2. The number of nitrogens with one attached hydrogen (secondary N) is 1.